The number of amides is 1. The lowest BCUT2D eigenvalue weighted by molar-refractivity contribution is -0.122. The lowest BCUT2D eigenvalue weighted by Gasteiger charge is -2.34. The van der Waals surface area contributed by atoms with Crippen molar-refractivity contribution in [2.24, 2.45) is 0 Å². The fraction of sp³-hybridized carbons (Fsp3) is 0.421. The third-order valence-electron chi connectivity index (χ3n) is 4.58. The molecule has 1 N–H and O–H groups in total. The molecule has 25 heavy (non-hydrogen) atoms. The van der Waals surface area contributed by atoms with Gasteiger partial charge in [-0.2, -0.15) is 0 Å². The van der Waals surface area contributed by atoms with Crippen LogP contribution in [0.4, 0.5) is 0 Å². The van der Waals surface area contributed by atoms with Crippen LogP contribution in [0.25, 0.3) is 0 Å². The Kier molecular flexibility index (Phi) is 6.48. The topological polar surface area (TPSA) is 35.6 Å². The third kappa shape index (κ3) is 5.54. The van der Waals surface area contributed by atoms with E-state index in [4.69, 9.17) is 11.6 Å². The van der Waals surface area contributed by atoms with Crippen molar-refractivity contribution in [1.29, 1.82) is 0 Å². The quantitative estimate of drug-likeness (QED) is 0.840. The van der Waals surface area contributed by atoms with Crippen molar-refractivity contribution in [2.45, 2.75) is 20.0 Å². The minimum atomic E-state index is 0.0988. The normalized spacial score (nSPS) is 16.1. The number of hydrogen-bond donors (Lipinski definition) is 1. The van der Waals surface area contributed by atoms with E-state index in [9.17, 15) is 4.79 Å². The highest BCUT2D eigenvalue weighted by molar-refractivity contribution is 7.16. The van der Waals surface area contributed by atoms with E-state index in [1.165, 1.54) is 16.0 Å². The fourth-order valence-corrected chi connectivity index (χ4v) is 4.15. The van der Waals surface area contributed by atoms with Crippen molar-refractivity contribution in [2.75, 3.05) is 32.7 Å². The average Bonchev–Trinajstić information content (AvgIpc) is 3.01. The van der Waals surface area contributed by atoms with Crippen molar-refractivity contribution in [3.63, 3.8) is 0 Å². The lowest BCUT2D eigenvalue weighted by Crippen LogP contribution is -2.48. The Balaban J connectivity index is 1.38. The highest BCUT2D eigenvalue weighted by Crippen LogP contribution is 2.23. The van der Waals surface area contributed by atoms with Gasteiger partial charge in [-0.1, -0.05) is 35.9 Å². The second-order valence-corrected chi connectivity index (χ2v) is 8.26. The molecule has 1 aromatic heterocycles. The van der Waals surface area contributed by atoms with Crippen LogP contribution in [0.2, 0.25) is 4.34 Å². The Morgan fingerprint density at radius 3 is 2.52 bits per heavy atom. The summed E-state index contributed by atoms with van der Waals surface area (Å²) in [5.74, 6) is 0.0988. The van der Waals surface area contributed by atoms with E-state index >= 15 is 0 Å². The SMILES string of the molecule is Cc1ccccc1CNC(=O)CN1CCN(Cc2ccc(Cl)s2)CC1. The van der Waals surface area contributed by atoms with Crippen LogP contribution in [0, 0.1) is 6.92 Å². The second-order valence-electron chi connectivity index (χ2n) is 6.46. The van der Waals surface area contributed by atoms with Crippen LogP contribution < -0.4 is 5.32 Å². The van der Waals surface area contributed by atoms with Gasteiger partial charge in [0.2, 0.25) is 5.91 Å². The summed E-state index contributed by atoms with van der Waals surface area (Å²) in [6.07, 6.45) is 0. The second kappa shape index (κ2) is 8.81. The molecule has 1 fully saturated rings. The third-order valence-corrected chi connectivity index (χ3v) is 5.79. The highest BCUT2D eigenvalue weighted by atomic mass is 35.5. The van der Waals surface area contributed by atoms with Crippen molar-refractivity contribution in [3.05, 3.63) is 56.7 Å². The number of nitrogens with zero attached hydrogens (tertiary/aromatic N) is 2. The summed E-state index contributed by atoms with van der Waals surface area (Å²) in [5, 5.41) is 3.03. The number of piperazine rings is 1. The molecule has 1 aromatic carbocycles. The minimum Gasteiger partial charge on any atom is -0.351 e. The number of halogens is 1. The van der Waals surface area contributed by atoms with E-state index in [-0.39, 0.29) is 5.91 Å². The van der Waals surface area contributed by atoms with Gasteiger partial charge in [-0.3, -0.25) is 14.6 Å². The Hall–Kier alpha value is -1.40. The number of carbonyl (C=O) groups excluding carboxylic acids is 1. The molecule has 2 aromatic rings. The van der Waals surface area contributed by atoms with Gasteiger partial charge in [0, 0.05) is 44.1 Å². The lowest BCUT2D eigenvalue weighted by atomic mass is 10.1. The Labute approximate surface area is 158 Å². The number of carbonyl (C=O) groups is 1. The number of hydrogen-bond acceptors (Lipinski definition) is 4. The molecule has 1 aliphatic rings. The molecule has 3 rings (SSSR count). The smallest absolute Gasteiger partial charge is 0.234 e. The van der Waals surface area contributed by atoms with Crippen molar-refractivity contribution in [1.82, 2.24) is 15.1 Å². The highest BCUT2D eigenvalue weighted by Gasteiger charge is 2.19. The van der Waals surface area contributed by atoms with Gasteiger partial charge in [-0.05, 0) is 30.2 Å². The molecular weight excluding hydrogens is 354 g/mol. The van der Waals surface area contributed by atoms with Crippen LogP contribution in [-0.2, 0) is 17.9 Å². The minimum absolute atomic E-state index is 0.0988. The number of aryl methyl sites for hydroxylation is 1. The molecule has 0 bridgehead atoms. The van der Waals surface area contributed by atoms with Crippen LogP contribution in [0.3, 0.4) is 0 Å². The predicted molar refractivity (Wildman–Crippen MR) is 104 cm³/mol. The Morgan fingerprint density at radius 2 is 1.84 bits per heavy atom. The van der Waals surface area contributed by atoms with Gasteiger partial charge in [-0.15, -0.1) is 11.3 Å². The standard InChI is InChI=1S/C19H24ClN3OS/c1-15-4-2-3-5-16(15)12-21-19(24)14-23-10-8-22(9-11-23)13-17-6-7-18(20)25-17/h2-7H,8-14H2,1H3,(H,21,24). The summed E-state index contributed by atoms with van der Waals surface area (Å²) in [6.45, 7) is 7.93. The Bertz CT molecular complexity index is 710. The number of rotatable bonds is 6. The summed E-state index contributed by atoms with van der Waals surface area (Å²) >= 11 is 7.63. The predicted octanol–water partition coefficient (Wildman–Crippen LogP) is 3.14. The molecule has 0 unspecified atom stereocenters. The molecule has 6 heteroatoms. The van der Waals surface area contributed by atoms with Crippen LogP contribution >= 0.6 is 22.9 Å². The van der Waals surface area contributed by atoms with Crippen LogP contribution in [0.5, 0.6) is 0 Å². The molecule has 0 spiro atoms. The van der Waals surface area contributed by atoms with E-state index in [0.29, 0.717) is 13.1 Å². The maximum Gasteiger partial charge on any atom is 0.234 e. The first-order valence-electron chi connectivity index (χ1n) is 8.60. The molecule has 4 nitrogen and oxygen atoms in total. The van der Waals surface area contributed by atoms with E-state index in [1.807, 2.05) is 18.2 Å². The molecule has 0 atom stereocenters. The van der Waals surface area contributed by atoms with Crippen molar-refractivity contribution in [3.8, 4) is 0 Å². The van der Waals surface area contributed by atoms with Crippen molar-refractivity contribution >= 4 is 28.8 Å². The van der Waals surface area contributed by atoms with Gasteiger partial charge < -0.3 is 5.32 Å². The monoisotopic (exact) mass is 377 g/mol. The molecule has 1 amide bonds. The fourth-order valence-electron chi connectivity index (χ4n) is 3.02. The largest absolute Gasteiger partial charge is 0.351 e. The number of thiophene rings is 1. The first-order valence-corrected chi connectivity index (χ1v) is 9.80. The van der Waals surface area contributed by atoms with Gasteiger partial charge in [0.25, 0.3) is 0 Å². The van der Waals surface area contributed by atoms with Gasteiger partial charge in [0.15, 0.2) is 0 Å². The molecule has 134 valence electrons. The zero-order valence-corrected chi connectivity index (χ0v) is 16.1. The average molecular weight is 378 g/mol. The molecule has 1 saturated heterocycles. The molecule has 2 heterocycles. The van der Waals surface area contributed by atoms with Crippen LogP contribution in [0.15, 0.2) is 36.4 Å². The molecule has 0 saturated carbocycles. The molecule has 1 aliphatic heterocycles. The summed E-state index contributed by atoms with van der Waals surface area (Å²) in [4.78, 5) is 18.1. The first kappa shape index (κ1) is 18.4. The van der Waals surface area contributed by atoms with Crippen LogP contribution in [-0.4, -0.2) is 48.4 Å². The summed E-state index contributed by atoms with van der Waals surface area (Å²) < 4.78 is 0.846. The summed E-state index contributed by atoms with van der Waals surface area (Å²) in [7, 11) is 0. The van der Waals surface area contributed by atoms with Crippen molar-refractivity contribution < 1.29 is 4.79 Å². The molecule has 0 radical (unpaired) electrons. The van der Waals surface area contributed by atoms with E-state index in [1.54, 1.807) is 11.3 Å². The first-order chi connectivity index (χ1) is 12.1. The van der Waals surface area contributed by atoms with Gasteiger partial charge >= 0.3 is 0 Å². The molecular formula is C19H24ClN3OS. The van der Waals surface area contributed by atoms with Gasteiger partial charge in [0.1, 0.15) is 0 Å². The zero-order chi connectivity index (χ0) is 17.6. The van der Waals surface area contributed by atoms with E-state index < -0.39 is 0 Å². The summed E-state index contributed by atoms with van der Waals surface area (Å²) in [6, 6.07) is 12.2. The Morgan fingerprint density at radius 1 is 1.12 bits per heavy atom. The molecule has 0 aliphatic carbocycles. The summed E-state index contributed by atoms with van der Waals surface area (Å²) in [5.41, 5.74) is 2.39. The number of benzene rings is 1. The maximum absolute atomic E-state index is 12.2. The maximum atomic E-state index is 12.2. The van der Waals surface area contributed by atoms with Gasteiger partial charge in [0.05, 0.1) is 10.9 Å². The van der Waals surface area contributed by atoms with Gasteiger partial charge in [-0.25, -0.2) is 0 Å². The van der Waals surface area contributed by atoms with Crippen LogP contribution in [0.1, 0.15) is 16.0 Å². The van der Waals surface area contributed by atoms with E-state index in [2.05, 4.69) is 40.2 Å². The van der Waals surface area contributed by atoms with E-state index in [0.717, 1.165) is 37.1 Å². The number of nitrogens with one attached hydrogen (secondary N) is 1. The zero-order valence-electron chi connectivity index (χ0n) is 14.5.